The van der Waals surface area contributed by atoms with Gasteiger partial charge in [-0.05, 0) is 13.0 Å². The predicted octanol–water partition coefficient (Wildman–Crippen LogP) is 2.19. The predicted molar refractivity (Wildman–Crippen MR) is 94.9 cm³/mol. The Morgan fingerprint density at radius 3 is 2.92 bits per heavy atom. The summed E-state index contributed by atoms with van der Waals surface area (Å²) in [6.45, 7) is 4.98. The van der Waals surface area contributed by atoms with Crippen molar-refractivity contribution in [3.8, 4) is 0 Å². The summed E-state index contributed by atoms with van der Waals surface area (Å²) >= 11 is 1.33. The summed E-state index contributed by atoms with van der Waals surface area (Å²) in [6, 6.07) is 4.99. The van der Waals surface area contributed by atoms with Gasteiger partial charge in [0.05, 0.1) is 19.8 Å². The second kappa shape index (κ2) is 6.53. The van der Waals surface area contributed by atoms with E-state index in [1.807, 2.05) is 6.92 Å². The van der Waals surface area contributed by atoms with Gasteiger partial charge in [-0.15, -0.1) is 0 Å². The fraction of sp³-hybridized carbons (Fsp3) is 0.353. The van der Waals surface area contributed by atoms with Crippen LogP contribution in [0, 0.1) is 12.7 Å². The number of aromatic nitrogens is 3. The van der Waals surface area contributed by atoms with Crippen molar-refractivity contribution in [1.29, 1.82) is 0 Å². The van der Waals surface area contributed by atoms with E-state index in [0.29, 0.717) is 29.1 Å². The molecular weight excluding hydrogens is 343 g/mol. The Balaban J connectivity index is 1.76. The Bertz CT molecular complexity index is 978. The number of rotatable bonds is 3. The number of anilines is 1. The van der Waals surface area contributed by atoms with E-state index in [2.05, 4.69) is 14.9 Å². The number of hydrogen-bond acceptors (Lipinski definition) is 6. The number of morpholine rings is 1. The highest BCUT2D eigenvalue weighted by atomic mass is 32.1. The highest BCUT2D eigenvalue weighted by molar-refractivity contribution is 7.22. The molecule has 0 amide bonds. The van der Waals surface area contributed by atoms with Gasteiger partial charge in [0.15, 0.2) is 10.8 Å². The zero-order valence-electron chi connectivity index (χ0n) is 13.7. The zero-order valence-corrected chi connectivity index (χ0v) is 14.6. The molecule has 25 heavy (non-hydrogen) atoms. The molecule has 3 aromatic rings. The van der Waals surface area contributed by atoms with Gasteiger partial charge in [-0.25, -0.2) is 9.37 Å². The number of nitrogens with zero attached hydrogens (tertiary/aromatic N) is 4. The van der Waals surface area contributed by atoms with Gasteiger partial charge in [0, 0.05) is 18.7 Å². The summed E-state index contributed by atoms with van der Waals surface area (Å²) in [5.74, 6) is -0.277. The number of ether oxygens (including phenoxy) is 1. The van der Waals surface area contributed by atoms with Crippen molar-refractivity contribution >= 4 is 26.8 Å². The van der Waals surface area contributed by atoms with Crippen molar-refractivity contribution in [3.63, 3.8) is 0 Å². The van der Waals surface area contributed by atoms with Crippen LogP contribution in [-0.2, 0) is 11.3 Å². The van der Waals surface area contributed by atoms with Crippen LogP contribution in [0.4, 0.5) is 9.52 Å². The standard InChI is InChI=1S/C17H17FN4O2S/c1-11-2-3-13(18)12(8-11)9-22-10-19-16(23)14-15(22)20-17(25-14)21-4-6-24-7-5-21/h2-3,8,10H,4-7,9H2,1H3. The second-order valence-electron chi connectivity index (χ2n) is 6.02. The molecule has 1 aliphatic rings. The van der Waals surface area contributed by atoms with Crippen LogP contribution in [0.25, 0.3) is 10.3 Å². The normalized spacial score (nSPS) is 15.0. The lowest BCUT2D eigenvalue weighted by Gasteiger charge is -2.25. The number of aryl methyl sites for hydroxylation is 1. The molecule has 1 saturated heterocycles. The van der Waals surface area contributed by atoms with E-state index in [1.165, 1.54) is 23.7 Å². The van der Waals surface area contributed by atoms with Gasteiger partial charge in [0.25, 0.3) is 5.56 Å². The first-order valence-electron chi connectivity index (χ1n) is 8.05. The molecular formula is C17H17FN4O2S. The van der Waals surface area contributed by atoms with Crippen LogP contribution in [0.1, 0.15) is 11.1 Å². The molecule has 3 heterocycles. The van der Waals surface area contributed by atoms with E-state index in [9.17, 15) is 9.18 Å². The van der Waals surface area contributed by atoms with Crippen molar-refractivity contribution in [1.82, 2.24) is 14.5 Å². The summed E-state index contributed by atoms with van der Waals surface area (Å²) < 4.78 is 21.7. The first-order valence-corrected chi connectivity index (χ1v) is 8.87. The van der Waals surface area contributed by atoms with E-state index in [-0.39, 0.29) is 17.9 Å². The summed E-state index contributed by atoms with van der Waals surface area (Å²) in [7, 11) is 0. The molecule has 6 nitrogen and oxygen atoms in total. The topological polar surface area (TPSA) is 60.2 Å². The van der Waals surface area contributed by atoms with E-state index in [1.54, 1.807) is 16.7 Å². The van der Waals surface area contributed by atoms with Crippen LogP contribution < -0.4 is 10.5 Å². The van der Waals surface area contributed by atoms with Crippen molar-refractivity contribution in [2.75, 3.05) is 31.2 Å². The first-order chi connectivity index (χ1) is 12.1. The Labute approximate surface area is 147 Å². The maximum absolute atomic E-state index is 14.1. The van der Waals surface area contributed by atoms with Gasteiger partial charge < -0.3 is 14.2 Å². The van der Waals surface area contributed by atoms with Crippen LogP contribution >= 0.6 is 11.3 Å². The number of benzene rings is 1. The SMILES string of the molecule is Cc1ccc(F)c(Cn2cnc(=O)c3sc(N4CCOCC4)nc32)c1. The van der Waals surface area contributed by atoms with Gasteiger partial charge in [0.2, 0.25) is 0 Å². The van der Waals surface area contributed by atoms with Crippen LogP contribution in [0.5, 0.6) is 0 Å². The minimum Gasteiger partial charge on any atom is -0.378 e. The molecule has 0 radical (unpaired) electrons. The molecule has 8 heteroatoms. The van der Waals surface area contributed by atoms with Crippen LogP contribution in [-0.4, -0.2) is 40.8 Å². The van der Waals surface area contributed by atoms with E-state index in [0.717, 1.165) is 23.8 Å². The molecule has 1 fully saturated rings. The van der Waals surface area contributed by atoms with Crippen LogP contribution in [0.3, 0.4) is 0 Å². The lowest BCUT2D eigenvalue weighted by molar-refractivity contribution is 0.122. The molecule has 1 aliphatic heterocycles. The molecule has 0 aliphatic carbocycles. The lowest BCUT2D eigenvalue weighted by Crippen LogP contribution is -2.36. The molecule has 0 atom stereocenters. The molecule has 4 rings (SSSR count). The Morgan fingerprint density at radius 1 is 1.32 bits per heavy atom. The lowest BCUT2D eigenvalue weighted by atomic mass is 10.1. The van der Waals surface area contributed by atoms with E-state index < -0.39 is 0 Å². The fourth-order valence-electron chi connectivity index (χ4n) is 2.88. The van der Waals surface area contributed by atoms with Crippen LogP contribution in [0.15, 0.2) is 29.3 Å². The number of hydrogen-bond donors (Lipinski definition) is 0. The minimum absolute atomic E-state index is 0.277. The van der Waals surface area contributed by atoms with Crippen molar-refractivity contribution < 1.29 is 9.13 Å². The molecule has 0 spiro atoms. The van der Waals surface area contributed by atoms with E-state index >= 15 is 0 Å². The monoisotopic (exact) mass is 360 g/mol. The molecule has 0 saturated carbocycles. The number of fused-ring (bicyclic) bond motifs is 1. The third kappa shape index (κ3) is 3.14. The van der Waals surface area contributed by atoms with E-state index in [4.69, 9.17) is 4.74 Å². The highest BCUT2D eigenvalue weighted by Gasteiger charge is 2.19. The summed E-state index contributed by atoms with van der Waals surface area (Å²) in [4.78, 5) is 22.8. The second-order valence-corrected chi connectivity index (χ2v) is 7.00. The van der Waals surface area contributed by atoms with Gasteiger partial charge in [0.1, 0.15) is 16.8 Å². The number of thiazole rings is 1. The Morgan fingerprint density at radius 2 is 2.12 bits per heavy atom. The van der Waals surface area contributed by atoms with Crippen molar-refractivity contribution in [2.24, 2.45) is 0 Å². The fourth-order valence-corrected chi connectivity index (χ4v) is 3.90. The van der Waals surface area contributed by atoms with Gasteiger partial charge in [-0.2, -0.15) is 4.98 Å². The average molecular weight is 360 g/mol. The molecule has 130 valence electrons. The quantitative estimate of drug-likeness (QED) is 0.717. The maximum atomic E-state index is 14.1. The average Bonchev–Trinajstić information content (AvgIpc) is 3.08. The van der Waals surface area contributed by atoms with Gasteiger partial charge >= 0.3 is 0 Å². The molecule has 0 unspecified atom stereocenters. The van der Waals surface area contributed by atoms with Gasteiger partial charge in [-0.1, -0.05) is 29.0 Å². The summed E-state index contributed by atoms with van der Waals surface area (Å²) in [5, 5.41) is 0.780. The highest BCUT2D eigenvalue weighted by Crippen LogP contribution is 2.27. The smallest absolute Gasteiger partial charge is 0.292 e. The third-order valence-electron chi connectivity index (χ3n) is 4.20. The maximum Gasteiger partial charge on any atom is 0.292 e. The Kier molecular flexibility index (Phi) is 4.22. The molecule has 0 N–H and O–H groups in total. The van der Waals surface area contributed by atoms with Crippen molar-refractivity contribution in [2.45, 2.75) is 13.5 Å². The molecule has 0 bridgehead atoms. The first kappa shape index (κ1) is 16.2. The summed E-state index contributed by atoms with van der Waals surface area (Å²) in [6.07, 6.45) is 1.44. The minimum atomic E-state index is -0.298. The third-order valence-corrected chi connectivity index (χ3v) is 5.30. The number of halogens is 1. The largest absolute Gasteiger partial charge is 0.378 e. The molecule has 2 aromatic heterocycles. The Hall–Kier alpha value is -2.32. The van der Waals surface area contributed by atoms with Crippen LogP contribution in [0.2, 0.25) is 0 Å². The van der Waals surface area contributed by atoms with Gasteiger partial charge in [-0.3, -0.25) is 4.79 Å². The zero-order chi connectivity index (χ0) is 17.4. The molecule has 1 aromatic carbocycles. The van der Waals surface area contributed by atoms with Crippen molar-refractivity contribution in [3.05, 3.63) is 51.8 Å². The summed E-state index contributed by atoms with van der Waals surface area (Å²) in [5.41, 5.74) is 1.78.